The summed E-state index contributed by atoms with van der Waals surface area (Å²) in [7, 11) is 0. The van der Waals surface area contributed by atoms with Gasteiger partial charge in [-0.2, -0.15) is 11.3 Å². The Labute approximate surface area is 153 Å². The van der Waals surface area contributed by atoms with E-state index in [-0.39, 0.29) is 30.3 Å². The molecule has 9 heteroatoms. The number of halogens is 2. The maximum absolute atomic E-state index is 13.7. The molecule has 0 saturated carbocycles. The highest BCUT2D eigenvalue weighted by Crippen LogP contribution is 2.33. The van der Waals surface area contributed by atoms with Gasteiger partial charge >= 0.3 is 0 Å². The molecule has 2 aromatic heterocycles. The largest absolute Gasteiger partial charge is 0.351 e. The fourth-order valence-electron chi connectivity index (χ4n) is 1.97. The minimum absolute atomic E-state index is 0.107. The van der Waals surface area contributed by atoms with E-state index in [0.717, 1.165) is 4.47 Å². The predicted octanol–water partition coefficient (Wildman–Crippen LogP) is 4.02. The van der Waals surface area contributed by atoms with Crippen LogP contribution in [0.25, 0.3) is 10.2 Å². The van der Waals surface area contributed by atoms with E-state index < -0.39 is 5.82 Å². The van der Waals surface area contributed by atoms with Crippen molar-refractivity contribution in [2.45, 2.75) is 6.42 Å². The van der Waals surface area contributed by atoms with E-state index in [2.05, 4.69) is 31.5 Å². The first kappa shape index (κ1) is 17.0. The summed E-state index contributed by atoms with van der Waals surface area (Å²) < 4.78 is 15.1. The molecule has 0 unspecified atom stereocenters. The number of nitrogens with one attached hydrogen (secondary N) is 2. The van der Waals surface area contributed by atoms with Crippen molar-refractivity contribution in [2.24, 2.45) is 0 Å². The second kappa shape index (κ2) is 7.37. The number of benzene rings is 1. The van der Waals surface area contributed by atoms with Gasteiger partial charge in [-0.3, -0.25) is 9.59 Å². The minimum atomic E-state index is -0.437. The van der Waals surface area contributed by atoms with E-state index >= 15 is 0 Å². The number of thiophene rings is 1. The zero-order valence-corrected chi connectivity index (χ0v) is 15.4. The summed E-state index contributed by atoms with van der Waals surface area (Å²) in [5, 5.41) is 9.17. The lowest BCUT2D eigenvalue weighted by molar-refractivity contribution is -0.116. The summed E-state index contributed by atoms with van der Waals surface area (Å²) in [6, 6.07) is 4.63. The van der Waals surface area contributed by atoms with E-state index in [1.165, 1.54) is 28.7 Å². The zero-order valence-electron chi connectivity index (χ0n) is 12.1. The summed E-state index contributed by atoms with van der Waals surface area (Å²) in [5.41, 5.74) is 0.794. The van der Waals surface area contributed by atoms with Crippen molar-refractivity contribution < 1.29 is 14.0 Å². The number of fused-ring (bicyclic) bond motifs is 1. The molecular formula is C15H11BrFN3O2S2. The molecule has 124 valence electrons. The highest BCUT2D eigenvalue weighted by molar-refractivity contribution is 9.10. The van der Waals surface area contributed by atoms with Crippen molar-refractivity contribution >= 4 is 65.8 Å². The molecule has 24 heavy (non-hydrogen) atoms. The first-order valence-electron chi connectivity index (χ1n) is 6.89. The van der Waals surface area contributed by atoms with Crippen LogP contribution in [0.1, 0.15) is 16.8 Å². The molecule has 2 amide bonds. The van der Waals surface area contributed by atoms with Gasteiger partial charge in [-0.25, -0.2) is 9.37 Å². The maximum atomic E-state index is 13.7. The maximum Gasteiger partial charge on any atom is 0.252 e. The van der Waals surface area contributed by atoms with Crippen LogP contribution in [0, 0.1) is 5.82 Å². The van der Waals surface area contributed by atoms with Crippen LogP contribution in [-0.2, 0) is 4.79 Å². The van der Waals surface area contributed by atoms with Gasteiger partial charge in [-0.05, 0) is 39.5 Å². The summed E-state index contributed by atoms with van der Waals surface area (Å²) >= 11 is 5.95. The summed E-state index contributed by atoms with van der Waals surface area (Å²) in [6.45, 7) is 0.212. The molecule has 3 aromatic rings. The number of carbonyl (C=O) groups is 2. The van der Waals surface area contributed by atoms with Gasteiger partial charge in [0.05, 0.1) is 4.70 Å². The first-order valence-corrected chi connectivity index (χ1v) is 9.44. The topological polar surface area (TPSA) is 71.1 Å². The second-order valence-electron chi connectivity index (χ2n) is 4.79. The first-order chi connectivity index (χ1) is 11.5. The normalized spacial score (nSPS) is 10.8. The lowest BCUT2D eigenvalue weighted by Crippen LogP contribution is -2.27. The van der Waals surface area contributed by atoms with Gasteiger partial charge in [0.2, 0.25) is 5.91 Å². The number of carbonyl (C=O) groups excluding carboxylic acids is 2. The van der Waals surface area contributed by atoms with Gasteiger partial charge in [0.1, 0.15) is 11.3 Å². The van der Waals surface area contributed by atoms with Gasteiger partial charge in [0, 0.05) is 28.4 Å². The van der Waals surface area contributed by atoms with Crippen molar-refractivity contribution in [1.82, 2.24) is 10.3 Å². The average Bonchev–Trinajstić information content (AvgIpc) is 3.21. The Morgan fingerprint density at radius 3 is 2.83 bits per heavy atom. The van der Waals surface area contributed by atoms with Crippen LogP contribution in [0.2, 0.25) is 0 Å². The van der Waals surface area contributed by atoms with Crippen LogP contribution in [0.3, 0.4) is 0 Å². The molecule has 0 bridgehead atoms. The fraction of sp³-hybridized carbons (Fsp3) is 0.133. The number of aromatic nitrogens is 1. The number of amides is 2. The van der Waals surface area contributed by atoms with Gasteiger partial charge in [-0.15, -0.1) is 0 Å². The summed E-state index contributed by atoms with van der Waals surface area (Å²) in [4.78, 5) is 27.8. The van der Waals surface area contributed by atoms with Crippen molar-refractivity contribution in [3.63, 3.8) is 0 Å². The van der Waals surface area contributed by atoms with E-state index in [0.29, 0.717) is 15.4 Å². The average molecular weight is 428 g/mol. The molecular weight excluding hydrogens is 417 g/mol. The molecule has 0 atom stereocenters. The summed E-state index contributed by atoms with van der Waals surface area (Å²) in [6.07, 6.45) is 0.107. The van der Waals surface area contributed by atoms with E-state index in [4.69, 9.17) is 0 Å². The highest BCUT2D eigenvalue weighted by atomic mass is 79.9. The molecule has 1 aromatic carbocycles. The predicted molar refractivity (Wildman–Crippen MR) is 97.2 cm³/mol. The van der Waals surface area contributed by atoms with E-state index in [9.17, 15) is 14.0 Å². The Balaban J connectivity index is 1.56. The fourth-order valence-corrected chi connectivity index (χ4v) is 4.06. The number of rotatable bonds is 5. The van der Waals surface area contributed by atoms with Gasteiger partial charge in [0.15, 0.2) is 5.13 Å². The molecule has 0 aliphatic rings. The number of nitrogens with zero attached hydrogens (tertiary/aromatic N) is 1. The quantitative estimate of drug-likeness (QED) is 0.645. The van der Waals surface area contributed by atoms with E-state index in [1.54, 1.807) is 17.5 Å². The molecule has 5 nitrogen and oxygen atoms in total. The number of anilines is 1. The highest BCUT2D eigenvalue weighted by Gasteiger charge is 2.13. The van der Waals surface area contributed by atoms with Crippen molar-refractivity contribution in [3.8, 4) is 0 Å². The van der Waals surface area contributed by atoms with Crippen molar-refractivity contribution in [3.05, 3.63) is 44.8 Å². The van der Waals surface area contributed by atoms with E-state index in [1.807, 2.05) is 5.38 Å². The molecule has 0 fully saturated rings. The molecule has 0 saturated heterocycles. The van der Waals surface area contributed by atoms with Crippen LogP contribution >= 0.6 is 38.6 Å². The Bertz CT molecular complexity index is 857. The molecule has 0 radical (unpaired) electrons. The number of hydrogen-bond acceptors (Lipinski definition) is 5. The second-order valence-corrected chi connectivity index (χ2v) is 7.43. The zero-order chi connectivity index (χ0) is 17.1. The third-order valence-electron chi connectivity index (χ3n) is 3.11. The third kappa shape index (κ3) is 3.80. The molecule has 0 aliphatic carbocycles. The molecule has 2 N–H and O–H groups in total. The van der Waals surface area contributed by atoms with Gasteiger partial charge in [0.25, 0.3) is 5.91 Å². The molecule has 3 rings (SSSR count). The Morgan fingerprint density at radius 1 is 1.29 bits per heavy atom. The van der Waals surface area contributed by atoms with Crippen LogP contribution in [0.4, 0.5) is 9.52 Å². The Kier molecular flexibility index (Phi) is 5.22. The smallest absolute Gasteiger partial charge is 0.252 e. The van der Waals surface area contributed by atoms with Crippen LogP contribution in [0.15, 0.2) is 33.4 Å². The van der Waals surface area contributed by atoms with Crippen LogP contribution < -0.4 is 10.6 Å². The number of hydrogen-bond donors (Lipinski definition) is 2. The van der Waals surface area contributed by atoms with Crippen LogP contribution in [0.5, 0.6) is 0 Å². The molecule has 0 aliphatic heterocycles. The van der Waals surface area contributed by atoms with Crippen molar-refractivity contribution in [1.29, 1.82) is 0 Å². The van der Waals surface area contributed by atoms with Gasteiger partial charge < -0.3 is 10.6 Å². The van der Waals surface area contributed by atoms with Crippen LogP contribution in [-0.4, -0.2) is 23.3 Å². The number of thiazole rings is 1. The monoisotopic (exact) mass is 427 g/mol. The summed E-state index contributed by atoms with van der Waals surface area (Å²) in [5.74, 6) is -0.945. The standard InChI is InChI=1S/C15H11BrFN3O2S2/c16-9-1-2-10(17)12-13(9)24-15(20-12)19-11(21)3-5-18-14(22)8-4-6-23-7-8/h1-2,4,6-7H,3,5H2,(H,18,22)(H,19,20,21). The van der Waals surface area contributed by atoms with Crippen molar-refractivity contribution in [2.75, 3.05) is 11.9 Å². The third-order valence-corrected chi connectivity index (χ3v) is 5.72. The molecule has 2 heterocycles. The lowest BCUT2D eigenvalue weighted by atomic mass is 10.3. The lowest BCUT2D eigenvalue weighted by Gasteiger charge is -2.03. The molecule has 0 spiro atoms. The Hall–Kier alpha value is -1.84. The minimum Gasteiger partial charge on any atom is -0.351 e. The van der Waals surface area contributed by atoms with Gasteiger partial charge in [-0.1, -0.05) is 11.3 Å². The Morgan fingerprint density at radius 2 is 2.12 bits per heavy atom. The SMILES string of the molecule is O=C(CCNC(=O)c1ccsc1)Nc1nc2c(F)ccc(Br)c2s1.